The topological polar surface area (TPSA) is 64.3 Å². The number of fused-ring (bicyclic) bond motifs is 1. The molecule has 2 heterocycles. The van der Waals surface area contributed by atoms with Gasteiger partial charge in [0.1, 0.15) is 17.9 Å². The number of aromatic nitrogens is 4. The summed E-state index contributed by atoms with van der Waals surface area (Å²) in [5.74, 6) is 2.37. The highest BCUT2D eigenvalue weighted by Crippen LogP contribution is 2.28. The first kappa shape index (κ1) is 16.7. The molecule has 0 atom stereocenters. The number of para-hydroxylation sites is 1. The van der Waals surface area contributed by atoms with Crippen LogP contribution in [0.3, 0.4) is 0 Å². The highest BCUT2D eigenvalue weighted by molar-refractivity contribution is 5.65. The van der Waals surface area contributed by atoms with Crippen molar-refractivity contribution in [2.45, 2.75) is 31.9 Å². The van der Waals surface area contributed by atoms with Crippen LogP contribution in [-0.4, -0.2) is 25.7 Å². The summed E-state index contributed by atoms with van der Waals surface area (Å²) in [7, 11) is 0. The zero-order valence-electron chi connectivity index (χ0n) is 15.5. The van der Waals surface area contributed by atoms with Gasteiger partial charge in [-0.2, -0.15) is 14.6 Å². The molecule has 1 N–H and O–H groups in total. The molecule has 0 amide bonds. The fourth-order valence-electron chi connectivity index (χ4n) is 3.31. The van der Waals surface area contributed by atoms with Gasteiger partial charge in [0.25, 0.3) is 5.78 Å². The maximum Gasteiger partial charge on any atom is 0.254 e. The molecule has 1 saturated carbocycles. The van der Waals surface area contributed by atoms with E-state index in [0.29, 0.717) is 18.4 Å². The van der Waals surface area contributed by atoms with E-state index in [1.165, 1.54) is 12.7 Å². The monoisotopic (exact) mass is 371 g/mol. The zero-order chi connectivity index (χ0) is 18.8. The third kappa shape index (κ3) is 3.29. The van der Waals surface area contributed by atoms with E-state index in [1.54, 1.807) is 4.52 Å². The number of nitrogens with zero attached hydrogens (tertiary/aromatic N) is 4. The largest absolute Gasteiger partial charge is 0.490 e. The van der Waals surface area contributed by atoms with Gasteiger partial charge in [-0.15, -0.1) is 0 Å². The molecular formula is C22H21N5O. The van der Waals surface area contributed by atoms with Gasteiger partial charge in [0.15, 0.2) is 0 Å². The van der Waals surface area contributed by atoms with E-state index in [0.717, 1.165) is 41.2 Å². The average molecular weight is 371 g/mol. The second-order valence-corrected chi connectivity index (χ2v) is 7.00. The standard InChI is InChI=1S/C22H21N5O/c1-2-7-16(8-3-1)19-13-21(27-22(26-19)24-15-25-27)23-14-17-9-4-5-12-20(17)28-18-10-6-11-18/h1-5,7-9,12-13,15,18,23H,6,10-11,14H2. The molecule has 2 aromatic heterocycles. The Morgan fingerprint density at radius 2 is 1.86 bits per heavy atom. The fraction of sp³-hybridized carbons (Fsp3) is 0.227. The van der Waals surface area contributed by atoms with E-state index in [-0.39, 0.29) is 0 Å². The predicted octanol–water partition coefficient (Wildman–Crippen LogP) is 4.33. The highest BCUT2D eigenvalue weighted by Gasteiger charge is 2.20. The van der Waals surface area contributed by atoms with Gasteiger partial charge >= 0.3 is 0 Å². The van der Waals surface area contributed by atoms with Crippen LogP contribution in [0.15, 0.2) is 67.0 Å². The summed E-state index contributed by atoms with van der Waals surface area (Å²) in [5.41, 5.74) is 3.04. The number of nitrogens with one attached hydrogen (secondary N) is 1. The number of hydrogen-bond acceptors (Lipinski definition) is 5. The summed E-state index contributed by atoms with van der Waals surface area (Å²) in [6.45, 7) is 0.635. The van der Waals surface area contributed by atoms with Crippen molar-refractivity contribution >= 4 is 11.6 Å². The van der Waals surface area contributed by atoms with Gasteiger partial charge in [0.2, 0.25) is 0 Å². The van der Waals surface area contributed by atoms with Crippen LogP contribution in [0.4, 0.5) is 5.82 Å². The second kappa shape index (κ2) is 7.31. The Balaban J connectivity index is 1.43. The van der Waals surface area contributed by atoms with Gasteiger partial charge in [-0.05, 0) is 25.3 Å². The molecule has 0 radical (unpaired) electrons. The Morgan fingerprint density at radius 1 is 1.04 bits per heavy atom. The minimum atomic E-state index is 0.355. The molecule has 0 unspecified atom stereocenters. The van der Waals surface area contributed by atoms with E-state index in [4.69, 9.17) is 4.74 Å². The lowest BCUT2D eigenvalue weighted by Crippen LogP contribution is -2.25. The molecule has 1 fully saturated rings. The first-order chi connectivity index (χ1) is 13.9. The molecule has 6 heteroatoms. The number of anilines is 1. The van der Waals surface area contributed by atoms with Crippen LogP contribution in [0, 0.1) is 0 Å². The molecule has 28 heavy (non-hydrogen) atoms. The van der Waals surface area contributed by atoms with Crippen LogP contribution in [0.5, 0.6) is 5.75 Å². The zero-order valence-corrected chi connectivity index (χ0v) is 15.5. The van der Waals surface area contributed by atoms with E-state index in [9.17, 15) is 0 Å². The van der Waals surface area contributed by atoms with Crippen LogP contribution >= 0.6 is 0 Å². The Labute approximate surface area is 163 Å². The molecule has 0 bridgehead atoms. The SMILES string of the molecule is c1ccc(-c2cc(NCc3ccccc3OC3CCC3)n3ncnc3n2)cc1. The van der Waals surface area contributed by atoms with Crippen molar-refractivity contribution in [3.63, 3.8) is 0 Å². The Hall–Kier alpha value is -3.41. The molecule has 0 saturated heterocycles. The summed E-state index contributed by atoms with van der Waals surface area (Å²) in [6, 6.07) is 20.3. The molecule has 4 aromatic rings. The first-order valence-electron chi connectivity index (χ1n) is 9.61. The van der Waals surface area contributed by atoms with Crippen LogP contribution in [0.2, 0.25) is 0 Å². The Morgan fingerprint density at radius 3 is 2.68 bits per heavy atom. The predicted molar refractivity (Wildman–Crippen MR) is 108 cm³/mol. The lowest BCUT2D eigenvalue weighted by Gasteiger charge is -2.27. The van der Waals surface area contributed by atoms with Gasteiger partial charge < -0.3 is 10.1 Å². The van der Waals surface area contributed by atoms with Crippen molar-refractivity contribution in [3.8, 4) is 17.0 Å². The Kier molecular flexibility index (Phi) is 4.37. The fourth-order valence-corrected chi connectivity index (χ4v) is 3.31. The van der Waals surface area contributed by atoms with Crippen molar-refractivity contribution < 1.29 is 4.74 Å². The molecule has 0 aliphatic heterocycles. The van der Waals surface area contributed by atoms with Crippen LogP contribution in [0.1, 0.15) is 24.8 Å². The molecule has 1 aliphatic rings. The van der Waals surface area contributed by atoms with Crippen molar-refractivity contribution in [1.29, 1.82) is 0 Å². The number of rotatable bonds is 6. The van der Waals surface area contributed by atoms with Crippen molar-refractivity contribution in [2.75, 3.05) is 5.32 Å². The minimum absolute atomic E-state index is 0.355. The third-order valence-corrected chi connectivity index (χ3v) is 5.10. The molecule has 6 nitrogen and oxygen atoms in total. The van der Waals surface area contributed by atoms with Gasteiger partial charge in [-0.1, -0.05) is 48.5 Å². The van der Waals surface area contributed by atoms with Crippen LogP contribution < -0.4 is 10.1 Å². The van der Waals surface area contributed by atoms with E-state index in [1.807, 2.05) is 54.6 Å². The molecule has 2 aromatic carbocycles. The molecule has 5 rings (SSSR count). The Bertz CT molecular complexity index is 1090. The minimum Gasteiger partial charge on any atom is -0.490 e. The summed E-state index contributed by atoms with van der Waals surface area (Å²) < 4.78 is 7.87. The van der Waals surface area contributed by atoms with Gasteiger partial charge in [-0.3, -0.25) is 0 Å². The summed E-state index contributed by atoms with van der Waals surface area (Å²) >= 11 is 0. The van der Waals surface area contributed by atoms with Gasteiger partial charge in [0.05, 0.1) is 11.8 Å². The second-order valence-electron chi connectivity index (χ2n) is 7.00. The average Bonchev–Trinajstić information content (AvgIpc) is 3.19. The van der Waals surface area contributed by atoms with E-state index < -0.39 is 0 Å². The number of benzene rings is 2. The van der Waals surface area contributed by atoms with E-state index in [2.05, 4.69) is 26.4 Å². The molecular weight excluding hydrogens is 350 g/mol. The molecule has 140 valence electrons. The lowest BCUT2D eigenvalue weighted by atomic mass is 9.96. The third-order valence-electron chi connectivity index (χ3n) is 5.10. The van der Waals surface area contributed by atoms with Crippen molar-refractivity contribution in [2.24, 2.45) is 0 Å². The lowest BCUT2D eigenvalue weighted by molar-refractivity contribution is 0.119. The van der Waals surface area contributed by atoms with Gasteiger partial charge in [-0.25, -0.2) is 4.98 Å². The number of hydrogen-bond donors (Lipinski definition) is 1. The van der Waals surface area contributed by atoms with Gasteiger partial charge in [0, 0.05) is 23.7 Å². The van der Waals surface area contributed by atoms with Crippen LogP contribution in [0.25, 0.3) is 17.0 Å². The van der Waals surface area contributed by atoms with Crippen molar-refractivity contribution in [3.05, 3.63) is 72.6 Å². The van der Waals surface area contributed by atoms with Crippen molar-refractivity contribution in [1.82, 2.24) is 19.6 Å². The van der Waals surface area contributed by atoms with E-state index >= 15 is 0 Å². The first-order valence-corrected chi connectivity index (χ1v) is 9.61. The highest BCUT2D eigenvalue weighted by atomic mass is 16.5. The number of ether oxygens (including phenoxy) is 1. The maximum atomic E-state index is 6.15. The van der Waals surface area contributed by atoms with Crippen LogP contribution in [-0.2, 0) is 6.54 Å². The summed E-state index contributed by atoms with van der Waals surface area (Å²) in [6.07, 6.45) is 5.43. The molecule has 1 aliphatic carbocycles. The normalized spacial score (nSPS) is 14.0. The summed E-state index contributed by atoms with van der Waals surface area (Å²) in [5, 5.41) is 7.80. The molecule has 0 spiro atoms. The quantitative estimate of drug-likeness (QED) is 0.546. The smallest absolute Gasteiger partial charge is 0.254 e. The maximum absolute atomic E-state index is 6.15. The summed E-state index contributed by atoms with van der Waals surface area (Å²) in [4.78, 5) is 8.89.